The van der Waals surface area contributed by atoms with Crippen molar-refractivity contribution in [1.82, 2.24) is 14.5 Å². The molecule has 0 aliphatic heterocycles. The summed E-state index contributed by atoms with van der Waals surface area (Å²) >= 11 is 1.04. The van der Waals surface area contributed by atoms with E-state index in [0.717, 1.165) is 23.4 Å². The summed E-state index contributed by atoms with van der Waals surface area (Å²) in [6.45, 7) is -0.0597. The molecule has 26 heavy (non-hydrogen) atoms. The van der Waals surface area contributed by atoms with Gasteiger partial charge in [-0.25, -0.2) is 9.97 Å². The van der Waals surface area contributed by atoms with Crippen LogP contribution < -0.4 is 0 Å². The van der Waals surface area contributed by atoms with Gasteiger partial charge in [0.25, 0.3) is 11.4 Å². The maximum atomic E-state index is 11.3. The van der Waals surface area contributed by atoms with E-state index in [1.165, 1.54) is 18.5 Å². The summed E-state index contributed by atoms with van der Waals surface area (Å²) in [6.07, 6.45) is 3.56. The summed E-state index contributed by atoms with van der Waals surface area (Å²) in [4.78, 5) is 29.5. The molecule has 0 bridgehead atoms. The Labute approximate surface area is 150 Å². The predicted octanol–water partition coefficient (Wildman–Crippen LogP) is 2.47. The summed E-state index contributed by atoms with van der Waals surface area (Å²) in [5.41, 5.74) is 0.735. The summed E-state index contributed by atoms with van der Waals surface area (Å²) in [6, 6.07) is 3.48. The molecule has 3 rings (SSSR count). The van der Waals surface area contributed by atoms with E-state index in [-0.39, 0.29) is 22.9 Å². The maximum absolute atomic E-state index is 11.3. The lowest BCUT2D eigenvalue weighted by Gasteiger charge is -2.05. The van der Waals surface area contributed by atoms with Crippen LogP contribution in [0, 0.1) is 20.2 Å². The zero-order chi connectivity index (χ0) is 18.8. The molecule has 0 unspecified atom stereocenters. The SMILES string of the molecule is Cn1cc(CCO)c2c(Sc3ccc([N+](=O)[O-])cc3[N+](=O)[O-])ncnc21. The lowest BCUT2D eigenvalue weighted by molar-refractivity contribution is -0.396. The molecule has 10 nitrogen and oxygen atoms in total. The maximum Gasteiger partial charge on any atom is 0.290 e. The van der Waals surface area contributed by atoms with Gasteiger partial charge >= 0.3 is 0 Å². The molecule has 1 aromatic carbocycles. The highest BCUT2D eigenvalue weighted by molar-refractivity contribution is 7.99. The molecule has 0 saturated carbocycles. The van der Waals surface area contributed by atoms with E-state index in [4.69, 9.17) is 0 Å². The third-order valence-corrected chi connectivity index (χ3v) is 4.80. The molecule has 0 atom stereocenters. The van der Waals surface area contributed by atoms with Crippen molar-refractivity contribution in [2.45, 2.75) is 16.3 Å². The monoisotopic (exact) mass is 375 g/mol. The van der Waals surface area contributed by atoms with Crippen molar-refractivity contribution in [3.8, 4) is 0 Å². The predicted molar refractivity (Wildman–Crippen MR) is 93.2 cm³/mol. The highest BCUT2D eigenvalue weighted by Crippen LogP contribution is 2.39. The second-order valence-corrected chi connectivity index (χ2v) is 6.42. The van der Waals surface area contributed by atoms with Gasteiger partial charge < -0.3 is 9.67 Å². The number of aliphatic hydroxyl groups excluding tert-OH is 1. The number of aryl methyl sites for hydroxylation is 1. The minimum atomic E-state index is -0.680. The molecule has 1 N–H and O–H groups in total. The van der Waals surface area contributed by atoms with Crippen molar-refractivity contribution < 1.29 is 15.0 Å². The van der Waals surface area contributed by atoms with Crippen LogP contribution in [-0.4, -0.2) is 36.1 Å². The Hall–Kier alpha value is -3.05. The average molecular weight is 375 g/mol. The van der Waals surface area contributed by atoms with Crippen molar-refractivity contribution in [2.24, 2.45) is 7.05 Å². The smallest absolute Gasteiger partial charge is 0.290 e. The number of nitro benzene ring substituents is 2. The van der Waals surface area contributed by atoms with Crippen LogP contribution in [0.5, 0.6) is 0 Å². The van der Waals surface area contributed by atoms with Gasteiger partial charge in [-0.3, -0.25) is 20.2 Å². The fraction of sp³-hybridized carbons (Fsp3) is 0.200. The Balaban J connectivity index is 2.12. The van der Waals surface area contributed by atoms with Gasteiger partial charge in [-0.05, 0) is 18.1 Å². The normalized spacial score (nSPS) is 11.0. The first-order chi connectivity index (χ1) is 12.4. The van der Waals surface area contributed by atoms with Gasteiger partial charge in [-0.1, -0.05) is 11.8 Å². The number of benzene rings is 1. The van der Waals surface area contributed by atoms with E-state index in [9.17, 15) is 25.3 Å². The molecule has 11 heteroatoms. The van der Waals surface area contributed by atoms with E-state index < -0.39 is 9.85 Å². The summed E-state index contributed by atoms with van der Waals surface area (Å²) in [5, 5.41) is 32.6. The minimum Gasteiger partial charge on any atom is -0.396 e. The van der Waals surface area contributed by atoms with Gasteiger partial charge in [0.2, 0.25) is 0 Å². The van der Waals surface area contributed by atoms with E-state index in [1.54, 1.807) is 11.6 Å². The molecule has 0 aliphatic carbocycles. The topological polar surface area (TPSA) is 137 Å². The molecule has 0 amide bonds. The number of nitrogens with zero attached hydrogens (tertiary/aromatic N) is 5. The van der Waals surface area contributed by atoms with Crippen molar-refractivity contribution in [1.29, 1.82) is 0 Å². The number of non-ortho nitro benzene ring substituents is 1. The summed E-state index contributed by atoms with van der Waals surface area (Å²) < 4.78 is 1.79. The second kappa shape index (κ2) is 7.06. The van der Waals surface area contributed by atoms with Crippen LogP contribution in [0.15, 0.2) is 40.6 Å². The molecule has 0 radical (unpaired) electrons. The van der Waals surface area contributed by atoms with E-state index in [2.05, 4.69) is 9.97 Å². The number of nitro groups is 2. The number of aliphatic hydroxyl groups is 1. The Bertz CT molecular complexity index is 1020. The average Bonchev–Trinajstić information content (AvgIpc) is 2.92. The van der Waals surface area contributed by atoms with Gasteiger partial charge in [0, 0.05) is 25.9 Å². The fourth-order valence-corrected chi connectivity index (χ4v) is 3.62. The molecular formula is C15H13N5O5S. The number of fused-ring (bicyclic) bond motifs is 1. The van der Waals surface area contributed by atoms with E-state index >= 15 is 0 Å². The molecule has 3 aromatic rings. The third kappa shape index (κ3) is 3.21. The Kier molecular flexibility index (Phi) is 4.82. The molecule has 0 fully saturated rings. The molecule has 2 heterocycles. The molecule has 0 aliphatic rings. The summed E-state index contributed by atoms with van der Waals surface area (Å²) in [5.74, 6) is 0. The van der Waals surface area contributed by atoms with Gasteiger partial charge in [-0.2, -0.15) is 0 Å². The zero-order valence-corrected chi connectivity index (χ0v) is 14.3. The van der Waals surface area contributed by atoms with Gasteiger partial charge in [0.05, 0.1) is 26.2 Å². The van der Waals surface area contributed by atoms with Crippen LogP contribution in [0.25, 0.3) is 11.0 Å². The highest BCUT2D eigenvalue weighted by Gasteiger charge is 2.22. The molecule has 0 saturated heterocycles. The Morgan fingerprint density at radius 1 is 1.23 bits per heavy atom. The minimum absolute atomic E-state index is 0.0597. The van der Waals surface area contributed by atoms with E-state index in [0.29, 0.717) is 22.5 Å². The van der Waals surface area contributed by atoms with Crippen LogP contribution in [0.3, 0.4) is 0 Å². The lowest BCUT2D eigenvalue weighted by Crippen LogP contribution is -1.96. The largest absolute Gasteiger partial charge is 0.396 e. The van der Waals surface area contributed by atoms with Crippen LogP contribution in [-0.2, 0) is 13.5 Å². The van der Waals surface area contributed by atoms with Crippen LogP contribution in [0.1, 0.15) is 5.56 Å². The molecule has 0 spiro atoms. The van der Waals surface area contributed by atoms with E-state index in [1.807, 2.05) is 6.20 Å². The standard InChI is InChI=1S/C15H13N5O5S/c1-18-7-9(4-5-21)13-14(18)16-8-17-15(13)26-12-3-2-10(19(22)23)6-11(12)20(24)25/h2-3,6-8,21H,4-5H2,1H3. The molecule has 2 aromatic heterocycles. The number of aromatic nitrogens is 3. The highest BCUT2D eigenvalue weighted by atomic mass is 32.2. The molecule has 134 valence electrons. The number of rotatable bonds is 6. The first-order valence-corrected chi connectivity index (χ1v) is 8.24. The third-order valence-electron chi connectivity index (χ3n) is 3.73. The molecular weight excluding hydrogens is 362 g/mol. The first kappa shape index (κ1) is 17.8. The number of hydrogen-bond acceptors (Lipinski definition) is 8. The van der Waals surface area contributed by atoms with Crippen LogP contribution in [0.2, 0.25) is 0 Å². The lowest BCUT2D eigenvalue weighted by atomic mass is 10.2. The number of hydrogen-bond donors (Lipinski definition) is 1. The van der Waals surface area contributed by atoms with Crippen molar-refractivity contribution in [2.75, 3.05) is 6.61 Å². The van der Waals surface area contributed by atoms with Gasteiger partial charge in [0.15, 0.2) is 0 Å². The van der Waals surface area contributed by atoms with Crippen molar-refractivity contribution >= 4 is 34.2 Å². The van der Waals surface area contributed by atoms with Crippen molar-refractivity contribution in [3.05, 3.63) is 56.5 Å². The quantitative estimate of drug-likeness (QED) is 0.394. The second-order valence-electron chi connectivity index (χ2n) is 5.38. The van der Waals surface area contributed by atoms with Crippen LogP contribution >= 0.6 is 11.8 Å². The zero-order valence-electron chi connectivity index (χ0n) is 13.5. The van der Waals surface area contributed by atoms with Crippen molar-refractivity contribution in [3.63, 3.8) is 0 Å². The van der Waals surface area contributed by atoms with Gasteiger partial charge in [-0.15, -0.1) is 0 Å². The summed E-state index contributed by atoms with van der Waals surface area (Å²) in [7, 11) is 1.80. The Morgan fingerprint density at radius 3 is 2.65 bits per heavy atom. The van der Waals surface area contributed by atoms with Gasteiger partial charge in [0.1, 0.15) is 17.0 Å². The van der Waals surface area contributed by atoms with Crippen LogP contribution in [0.4, 0.5) is 11.4 Å². The first-order valence-electron chi connectivity index (χ1n) is 7.42. The fourth-order valence-electron chi connectivity index (χ4n) is 2.61. The Morgan fingerprint density at radius 2 is 2.00 bits per heavy atom.